The van der Waals surface area contributed by atoms with Crippen LogP contribution in [0.3, 0.4) is 0 Å². The van der Waals surface area contributed by atoms with E-state index in [4.69, 9.17) is 14.8 Å². The molecular formula is C47H52N4O. The lowest BCUT2D eigenvalue weighted by atomic mass is 9.82. The zero-order valence-corrected chi connectivity index (χ0v) is 32.1. The minimum absolute atomic E-state index is 0.409. The van der Waals surface area contributed by atoms with Gasteiger partial charge in [-0.25, -0.2) is 9.67 Å². The van der Waals surface area contributed by atoms with Crippen LogP contribution in [0, 0.1) is 25.7 Å². The van der Waals surface area contributed by atoms with E-state index in [0.717, 1.165) is 59.7 Å². The van der Waals surface area contributed by atoms with Gasteiger partial charge in [0, 0.05) is 40.9 Å². The van der Waals surface area contributed by atoms with Crippen molar-refractivity contribution >= 4 is 21.8 Å². The van der Waals surface area contributed by atoms with Gasteiger partial charge in [-0.05, 0) is 120 Å². The van der Waals surface area contributed by atoms with Gasteiger partial charge in [0.2, 0.25) is 0 Å². The van der Waals surface area contributed by atoms with E-state index in [1.54, 1.807) is 0 Å². The van der Waals surface area contributed by atoms with Crippen LogP contribution in [0.5, 0.6) is 11.5 Å². The number of nitrogens with zero attached hydrogens (tertiary/aromatic N) is 4. The molecule has 4 aromatic carbocycles. The summed E-state index contributed by atoms with van der Waals surface area (Å²) in [5.41, 5.74) is 12.7. The Bertz CT molecular complexity index is 2320. The summed E-state index contributed by atoms with van der Waals surface area (Å²) in [7, 11) is 0. The number of hydrogen-bond acceptors (Lipinski definition) is 3. The largest absolute Gasteiger partial charge is 0.457 e. The Kier molecular flexibility index (Phi) is 10.1. The van der Waals surface area contributed by atoms with Crippen LogP contribution in [0.15, 0.2) is 104 Å². The Morgan fingerprint density at radius 2 is 1.38 bits per heavy atom. The molecule has 5 heteroatoms. The fraction of sp³-hybridized carbons (Fsp3) is 0.319. The molecule has 0 bridgehead atoms. The van der Waals surface area contributed by atoms with E-state index >= 15 is 0 Å². The van der Waals surface area contributed by atoms with Crippen molar-refractivity contribution in [2.45, 2.75) is 87.0 Å². The van der Waals surface area contributed by atoms with Gasteiger partial charge in [-0.1, -0.05) is 84.7 Å². The minimum Gasteiger partial charge on any atom is -0.457 e. The molecule has 0 radical (unpaired) electrons. The molecule has 2 unspecified atom stereocenters. The Morgan fingerprint density at radius 3 is 2.10 bits per heavy atom. The fourth-order valence-corrected chi connectivity index (χ4v) is 7.53. The maximum Gasteiger partial charge on any atom is 0.137 e. The molecule has 0 aliphatic rings. The summed E-state index contributed by atoms with van der Waals surface area (Å²) in [6.07, 6.45) is 10.6. The predicted molar refractivity (Wildman–Crippen MR) is 218 cm³/mol. The van der Waals surface area contributed by atoms with E-state index in [1.165, 1.54) is 49.7 Å². The second-order valence-electron chi connectivity index (χ2n) is 15.2. The average Bonchev–Trinajstić information content (AvgIpc) is 3.77. The lowest BCUT2D eigenvalue weighted by Gasteiger charge is -2.23. The Balaban J connectivity index is 1.25. The van der Waals surface area contributed by atoms with E-state index in [9.17, 15) is 0 Å². The molecule has 0 saturated heterocycles. The van der Waals surface area contributed by atoms with Gasteiger partial charge in [-0.15, -0.1) is 0 Å². The zero-order valence-electron chi connectivity index (χ0n) is 32.1. The first-order chi connectivity index (χ1) is 25.1. The monoisotopic (exact) mass is 688 g/mol. The number of rotatable bonds is 12. The van der Waals surface area contributed by atoms with Gasteiger partial charge >= 0.3 is 0 Å². The van der Waals surface area contributed by atoms with Crippen LogP contribution < -0.4 is 4.74 Å². The van der Waals surface area contributed by atoms with Crippen LogP contribution in [-0.2, 0) is 12.8 Å². The highest BCUT2D eigenvalue weighted by molar-refractivity contribution is 6.09. The number of pyridine rings is 1. The first kappa shape index (κ1) is 35.3. The number of aryl methyl sites for hydroxylation is 2. The summed E-state index contributed by atoms with van der Waals surface area (Å²) in [4.78, 5) is 4.82. The van der Waals surface area contributed by atoms with Crippen LogP contribution in [0.1, 0.15) is 88.1 Å². The van der Waals surface area contributed by atoms with E-state index < -0.39 is 0 Å². The highest BCUT2D eigenvalue weighted by Crippen LogP contribution is 2.38. The van der Waals surface area contributed by atoms with Gasteiger partial charge in [0.15, 0.2) is 0 Å². The van der Waals surface area contributed by atoms with Crippen molar-refractivity contribution in [3.8, 4) is 34.1 Å². The molecule has 0 spiro atoms. The van der Waals surface area contributed by atoms with Crippen LogP contribution in [-0.4, -0.2) is 19.3 Å². The maximum absolute atomic E-state index is 6.60. The highest BCUT2D eigenvalue weighted by atomic mass is 16.5. The van der Waals surface area contributed by atoms with Crippen molar-refractivity contribution in [1.82, 2.24) is 19.3 Å². The van der Waals surface area contributed by atoms with Crippen molar-refractivity contribution in [3.63, 3.8) is 0 Å². The Labute approximate surface area is 309 Å². The maximum atomic E-state index is 6.60. The molecule has 266 valence electrons. The molecule has 0 saturated carbocycles. The molecule has 0 N–H and O–H groups in total. The molecule has 3 heterocycles. The Hall–Kier alpha value is -5.16. The second kappa shape index (κ2) is 14.8. The standard InChI is InChI=1S/C47H52N4O/c1-9-31(5)22-42-33(7)24-34(8)43(23-32(6)10-2)47(42)36-28-49-50(29-36)37-14-13-15-38(26-37)52-39-18-19-41-40-16-11-12-17-44(40)51(45(41)27-39)46-25-35(30(3)4)20-21-48-46/h11-21,24-32H,9-10,22-23H2,1-8H3. The van der Waals surface area contributed by atoms with E-state index in [2.05, 4.69) is 145 Å². The number of aromatic nitrogens is 4. The molecule has 0 aliphatic carbocycles. The van der Waals surface area contributed by atoms with Gasteiger partial charge in [0.25, 0.3) is 0 Å². The van der Waals surface area contributed by atoms with Crippen molar-refractivity contribution in [2.75, 3.05) is 0 Å². The number of benzene rings is 4. The van der Waals surface area contributed by atoms with E-state index in [1.807, 2.05) is 23.0 Å². The van der Waals surface area contributed by atoms with Crippen LogP contribution >= 0.6 is 0 Å². The first-order valence-electron chi connectivity index (χ1n) is 19.1. The smallest absolute Gasteiger partial charge is 0.137 e. The lowest BCUT2D eigenvalue weighted by Crippen LogP contribution is -2.09. The molecule has 7 rings (SSSR count). The van der Waals surface area contributed by atoms with Crippen molar-refractivity contribution < 1.29 is 4.74 Å². The molecule has 2 atom stereocenters. The van der Waals surface area contributed by atoms with Gasteiger partial charge in [0.1, 0.15) is 17.3 Å². The zero-order chi connectivity index (χ0) is 36.5. The average molecular weight is 689 g/mol. The summed E-state index contributed by atoms with van der Waals surface area (Å²) in [6, 6.07) is 29.8. The molecule has 3 aromatic heterocycles. The molecular weight excluding hydrogens is 637 g/mol. The molecule has 0 fully saturated rings. The Morgan fingerprint density at radius 1 is 0.692 bits per heavy atom. The molecule has 0 aliphatic heterocycles. The third kappa shape index (κ3) is 6.89. The number of para-hydroxylation sites is 1. The molecule has 52 heavy (non-hydrogen) atoms. The fourth-order valence-electron chi connectivity index (χ4n) is 7.53. The number of ether oxygens (including phenoxy) is 1. The minimum atomic E-state index is 0.409. The van der Waals surface area contributed by atoms with E-state index in [-0.39, 0.29) is 0 Å². The van der Waals surface area contributed by atoms with Gasteiger partial charge < -0.3 is 4.74 Å². The number of hydrogen-bond donors (Lipinski definition) is 0. The third-order valence-electron chi connectivity index (χ3n) is 11.0. The summed E-state index contributed by atoms with van der Waals surface area (Å²) in [5, 5.41) is 7.30. The highest BCUT2D eigenvalue weighted by Gasteiger charge is 2.21. The molecule has 0 amide bonds. The summed E-state index contributed by atoms with van der Waals surface area (Å²) in [5.74, 6) is 4.08. The van der Waals surface area contributed by atoms with Crippen LogP contribution in [0.25, 0.3) is 44.4 Å². The molecule has 7 aromatic rings. The first-order valence-corrected chi connectivity index (χ1v) is 19.1. The predicted octanol–water partition coefficient (Wildman–Crippen LogP) is 12.7. The third-order valence-corrected chi connectivity index (χ3v) is 11.0. The summed E-state index contributed by atoms with van der Waals surface area (Å²) >= 11 is 0. The normalized spacial score (nSPS) is 12.9. The molecule has 5 nitrogen and oxygen atoms in total. The summed E-state index contributed by atoms with van der Waals surface area (Å²) in [6.45, 7) is 18.3. The van der Waals surface area contributed by atoms with Crippen molar-refractivity contribution in [2.24, 2.45) is 11.8 Å². The van der Waals surface area contributed by atoms with E-state index in [0.29, 0.717) is 17.8 Å². The topological polar surface area (TPSA) is 44.9 Å². The van der Waals surface area contributed by atoms with Gasteiger partial charge in [0.05, 0.1) is 22.9 Å². The van der Waals surface area contributed by atoms with Crippen molar-refractivity contribution in [3.05, 3.63) is 131 Å². The number of fused-ring (bicyclic) bond motifs is 3. The van der Waals surface area contributed by atoms with Crippen LogP contribution in [0.2, 0.25) is 0 Å². The second-order valence-corrected chi connectivity index (χ2v) is 15.2. The quantitative estimate of drug-likeness (QED) is 0.128. The van der Waals surface area contributed by atoms with Crippen LogP contribution in [0.4, 0.5) is 0 Å². The lowest BCUT2D eigenvalue weighted by molar-refractivity contribution is 0.483. The van der Waals surface area contributed by atoms with Gasteiger partial charge in [-0.2, -0.15) is 5.10 Å². The SMILES string of the molecule is CCC(C)Cc1c(C)cc(C)c(CC(C)CC)c1-c1cnn(-c2cccc(Oc3ccc4c5ccccc5n(-c5cc(C(C)C)ccn5)c4c3)c2)c1. The van der Waals surface area contributed by atoms with Crippen molar-refractivity contribution in [1.29, 1.82) is 0 Å². The summed E-state index contributed by atoms with van der Waals surface area (Å²) < 4.78 is 10.8. The van der Waals surface area contributed by atoms with Gasteiger partial charge in [-0.3, -0.25) is 4.57 Å².